The van der Waals surface area contributed by atoms with E-state index in [1.54, 1.807) is 12.1 Å². The predicted octanol–water partition coefficient (Wildman–Crippen LogP) is 3.52. The number of halogens is 2. The quantitative estimate of drug-likeness (QED) is 0.683. The number of hydrogen-bond acceptors (Lipinski definition) is 2. The zero-order chi connectivity index (χ0) is 9.42. The molecule has 0 unspecified atom stereocenters. The molecule has 0 saturated carbocycles. The summed E-state index contributed by atoms with van der Waals surface area (Å²) in [6.45, 7) is 0. The summed E-state index contributed by atoms with van der Waals surface area (Å²) >= 11 is 3.41. The number of nitriles is 1. The van der Waals surface area contributed by atoms with Crippen LogP contribution in [0, 0.1) is 20.7 Å². The minimum Gasteiger partial charge on any atom is -0.205 e. The third-order valence-electron chi connectivity index (χ3n) is 1.76. The monoisotopic (exact) mass is 303 g/mol. The molecule has 2 aromatic rings. The Morgan fingerprint density at radius 2 is 2.23 bits per heavy atom. The van der Waals surface area contributed by atoms with E-state index in [1.165, 1.54) is 16.7 Å². The molecule has 0 amide bonds. The van der Waals surface area contributed by atoms with Crippen LogP contribution in [0.3, 0.4) is 0 Å². The van der Waals surface area contributed by atoms with Crippen LogP contribution in [0.25, 0.3) is 10.1 Å². The molecule has 0 aliphatic rings. The lowest BCUT2D eigenvalue weighted by Gasteiger charge is -1.95. The van der Waals surface area contributed by atoms with Crippen molar-refractivity contribution in [1.29, 1.82) is 5.26 Å². The fourth-order valence-electron chi connectivity index (χ4n) is 1.12. The molecule has 0 fully saturated rings. The molecule has 0 N–H and O–H groups in total. The van der Waals surface area contributed by atoms with E-state index in [-0.39, 0.29) is 5.82 Å². The van der Waals surface area contributed by atoms with Crippen LogP contribution in [0.5, 0.6) is 0 Å². The first-order valence-corrected chi connectivity index (χ1v) is 5.45. The van der Waals surface area contributed by atoms with Gasteiger partial charge in [-0.2, -0.15) is 5.26 Å². The lowest BCUT2D eigenvalue weighted by Crippen LogP contribution is -1.81. The molecule has 1 heterocycles. The van der Waals surface area contributed by atoms with Gasteiger partial charge in [-0.05, 0) is 34.7 Å². The van der Waals surface area contributed by atoms with Gasteiger partial charge in [0.05, 0.1) is 10.3 Å². The van der Waals surface area contributed by atoms with Gasteiger partial charge in [-0.25, -0.2) is 4.39 Å². The highest BCUT2D eigenvalue weighted by Crippen LogP contribution is 2.30. The second-order valence-electron chi connectivity index (χ2n) is 2.50. The summed E-state index contributed by atoms with van der Waals surface area (Å²) in [5.74, 6) is -0.206. The summed E-state index contributed by atoms with van der Waals surface area (Å²) in [7, 11) is 0. The maximum absolute atomic E-state index is 13.1. The summed E-state index contributed by atoms with van der Waals surface area (Å²) in [5.41, 5.74) is 0.606. The Morgan fingerprint density at radius 3 is 2.92 bits per heavy atom. The molecule has 64 valence electrons. The molecule has 1 aromatic heterocycles. The molecule has 2 rings (SSSR count). The molecule has 0 atom stereocenters. The van der Waals surface area contributed by atoms with E-state index in [1.807, 2.05) is 0 Å². The second-order valence-corrected chi connectivity index (χ2v) is 4.46. The average Bonchev–Trinajstić information content (AvgIpc) is 2.50. The van der Waals surface area contributed by atoms with E-state index in [0.29, 0.717) is 10.9 Å². The Kier molecular flexibility index (Phi) is 2.22. The first-order valence-electron chi connectivity index (χ1n) is 3.49. The van der Waals surface area contributed by atoms with Crippen molar-refractivity contribution in [3.8, 4) is 6.07 Å². The molecule has 13 heavy (non-hydrogen) atoms. The Labute approximate surface area is 91.9 Å². The molecule has 0 bridgehead atoms. The van der Waals surface area contributed by atoms with Crippen LogP contribution in [-0.4, -0.2) is 0 Å². The Morgan fingerprint density at radius 1 is 1.46 bits per heavy atom. The highest BCUT2D eigenvalue weighted by atomic mass is 127. The molecular weight excluding hydrogens is 300 g/mol. The Balaban J connectivity index is 2.90. The van der Waals surface area contributed by atoms with Gasteiger partial charge in [0, 0.05) is 14.3 Å². The molecule has 1 aromatic carbocycles. The SMILES string of the molecule is N#Cc1ccc2c(F)csc2c1I. The van der Waals surface area contributed by atoms with Crippen molar-refractivity contribution in [2.45, 2.75) is 0 Å². The molecule has 0 spiro atoms. The van der Waals surface area contributed by atoms with Gasteiger partial charge in [-0.1, -0.05) is 0 Å². The molecule has 0 aliphatic carbocycles. The smallest absolute Gasteiger partial charge is 0.141 e. The first-order chi connectivity index (χ1) is 6.24. The van der Waals surface area contributed by atoms with E-state index in [9.17, 15) is 4.39 Å². The van der Waals surface area contributed by atoms with E-state index in [2.05, 4.69) is 28.7 Å². The number of rotatable bonds is 0. The van der Waals surface area contributed by atoms with Crippen LogP contribution in [-0.2, 0) is 0 Å². The molecule has 1 nitrogen and oxygen atoms in total. The van der Waals surface area contributed by atoms with E-state index in [4.69, 9.17) is 5.26 Å². The third-order valence-corrected chi connectivity index (χ3v) is 4.23. The van der Waals surface area contributed by atoms with Crippen molar-refractivity contribution in [2.75, 3.05) is 0 Å². The average molecular weight is 303 g/mol. The summed E-state index contributed by atoms with van der Waals surface area (Å²) in [6.07, 6.45) is 0. The maximum atomic E-state index is 13.1. The van der Waals surface area contributed by atoms with Crippen LogP contribution in [0.15, 0.2) is 17.5 Å². The summed E-state index contributed by atoms with van der Waals surface area (Å²) < 4.78 is 14.8. The van der Waals surface area contributed by atoms with Gasteiger partial charge >= 0.3 is 0 Å². The molecular formula is C9H3FINS. The van der Waals surface area contributed by atoms with Gasteiger partial charge in [0.1, 0.15) is 11.9 Å². The Bertz CT molecular complexity index is 512. The number of fused-ring (bicyclic) bond motifs is 1. The number of benzene rings is 1. The first kappa shape index (κ1) is 8.91. The van der Waals surface area contributed by atoms with Crippen molar-refractivity contribution in [3.63, 3.8) is 0 Å². The fraction of sp³-hybridized carbons (Fsp3) is 0. The highest BCUT2D eigenvalue weighted by molar-refractivity contribution is 14.1. The van der Waals surface area contributed by atoms with Gasteiger partial charge in [0.15, 0.2) is 0 Å². The zero-order valence-electron chi connectivity index (χ0n) is 6.34. The normalized spacial score (nSPS) is 10.2. The highest BCUT2D eigenvalue weighted by Gasteiger charge is 2.09. The summed E-state index contributed by atoms with van der Waals surface area (Å²) in [5, 5.41) is 10.8. The van der Waals surface area contributed by atoms with Crippen molar-refractivity contribution in [1.82, 2.24) is 0 Å². The number of thiophene rings is 1. The van der Waals surface area contributed by atoms with Gasteiger partial charge in [-0.3, -0.25) is 0 Å². The largest absolute Gasteiger partial charge is 0.205 e. The zero-order valence-corrected chi connectivity index (χ0v) is 9.32. The van der Waals surface area contributed by atoms with Crippen LogP contribution < -0.4 is 0 Å². The minimum atomic E-state index is -0.206. The second kappa shape index (κ2) is 3.24. The maximum Gasteiger partial charge on any atom is 0.141 e. The van der Waals surface area contributed by atoms with Crippen molar-refractivity contribution < 1.29 is 4.39 Å². The van der Waals surface area contributed by atoms with Gasteiger partial charge < -0.3 is 0 Å². The molecule has 0 radical (unpaired) electrons. The lowest BCUT2D eigenvalue weighted by molar-refractivity contribution is 0.644. The van der Waals surface area contributed by atoms with Crippen LogP contribution in [0.4, 0.5) is 4.39 Å². The standard InChI is InChI=1S/C9H3FINS/c10-7-4-13-9-6(7)2-1-5(3-12)8(9)11/h1-2,4H. The van der Waals surface area contributed by atoms with E-state index >= 15 is 0 Å². The van der Waals surface area contributed by atoms with Crippen molar-refractivity contribution in [3.05, 3.63) is 32.5 Å². The van der Waals surface area contributed by atoms with E-state index < -0.39 is 0 Å². The predicted molar refractivity (Wildman–Crippen MR) is 59.2 cm³/mol. The topological polar surface area (TPSA) is 23.8 Å². The Hall–Kier alpha value is -0.670. The van der Waals surface area contributed by atoms with Crippen LogP contribution in [0.1, 0.15) is 5.56 Å². The summed E-state index contributed by atoms with van der Waals surface area (Å²) in [4.78, 5) is 0. The van der Waals surface area contributed by atoms with Crippen molar-refractivity contribution >= 4 is 44.0 Å². The van der Waals surface area contributed by atoms with Crippen molar-refractivity contribution in [2.24, 2.45) is 0 Å². The molecule has 0 saturated heterocycles. The van der Waals surface area contributed by atoms with Gasteiger partial charge in [0.25, 0.3) is 0 Å². The van der Waals surface area contributed by atoms with Gasteiger partial charge in [0.2, 0.25) is 0 Å². The van der Waals surface area contributed by atoms with E-state index in [0.717, 1.165) is 8.27 Å². The van der Waals surface area contributed by atoms with Gasteiger partial charge in [-0.15, -0.1) is 11.3 Å². The minimum absolute atomic E-state index is 0.206. The number of nitrogens with zero attached hydrogens (tertiary/aromatic N) is 1. The molecule has 4 heteroatoms. The van der Waals surface area contributed by atoms with Crippen LogP contribution in [0.2, 0.25) is 0 Å². The third kappa shape index (κ3) is 1.32. The number of hydrogen-bond donors (Lipinski definition) is 0. The lowest BCUT2D eigenvalue weighted by atomic mass is 10.2. The van der Waals surface area contributed by atoms with Crippen LogP contribution >= 0.6 is 33.9 Å². The summed E-state index contributed by atoms with van der Waals surface area (Å²) in [6, 6.07) is 5.38. The molecule has 0 aliphatic heterocycles. The fourth-order valence-corrected chi connectivity index (χ4v) is 2.95.